The molecule has 2 heterocycles. The van der Waals surface area contributed by atoms with E-state index in [1.54, 1.807) is 24.5 Å². The number of aryl methyl sites for hydroxylation is 1. The average Bonchev–Trinajstić information content (AvgIpc) is 2.58. The van der Waals surface area contributed by atoms with Crippen molar-refractivity contribution in [2.75, 3.05) is 19.7 Å². The van der Waals surface area contributed by atoms with Gasteiger partial charge in [-0.3, -0.25) is 0 Å². The minimum atomic E-state index is -0.227. The summed E-state index contributed by atoms with van der Waals surface area (Å²) in [5.41, 5.74) is 2.56. The minimum absolute atomic E-state index is 0.0719. The lowest BCUT2D eigenvalue weighted by Crippen LogP contribution is -2.33. The molecule has 116 valence electrons. The highest BCUT2D eigenvalue weighted by atomic mass is 19.1. The van der Waals surface area contributed by atoms with E-state index in [4.69, 9.17) is 4.74 Å². The van der Waals surface area contributed by atoms with Gasteiger partial charge < -0.3 is 10.1 Å². The lowest BCUT2D eigenvalue weighted by Gasteiger charge is -2.24. The van der Waals surface area contributed by atoms with Gasteiger partial charge in [0.1, 0.15) is 11.6 Å². The molecular weight excluding hydrogens is 281 g/mol. The average molecular weight is 301 g/mol. The Labute approximate surface area is 129 Å². The van der Waals surface area contributed by atoms with E-state index >= 15 is 0 Å². The second kappa shape index (κ2) is 6.94. The molecule has 22 heavy (non-hydrogen) atoms. The molecule has 1 aliphatic heterocycles. The maximum Gasteiger partial charge on any atom is 0.132 e. The maximum absolute atomic E-state index is 14.3. The van der Waals surface area contributed by atoms with Gasteiger partial charge in [0.15, 0.2) is 0 Å². The van der Waals surface area contributed by atoms with Crippen molar-refractivity contribution in [3.05, 3.63) is 58.9 Å². The molecule has 0 bridgehead atoms. The van der Waals surface area contributed by atoms with Gasteiger partial charge in [0, 0.05) is 31.9 Å². The second-order valence-corrected chi connectivity index (χ2v) is 5.45. The van der Waals surface area contributed by atoms with Crippen molar-refractivity contribution in [2.45, 2.75) is 25.9 Å². The van der Waals surface area contributed by atoms with E-state index in [0.717, 1.165) is 30.6 Å². The van der Waals surface area contributed by atoms with E-state index in [2.05, 4.69) is 22.2 Å². The molecule has 0 saturated carbocycles. The number of aromatic nitrogens is 2. The molecule has 1 atom stereocenters. The minimum Gasteiger partial charge on any atom is -0.371 e. The predicted octanol–water partition coefficient (Wildman–Crippen LogP) is 2.43. The topological polar surface area (TPSA) is 47.0 Å². The van der Waals surface area contributed by atoms with E-state index in [0.29, 0.717) is 24.4 Å². The number of nitrogens with one attached hydrogen (secondary N) is 1. The number of morpholine rings is 1. The standard InChI is InChI=1S/C17H20FN3O/c1-2-12-9-20-17(21-10-12)8-13-3-4-14(7-15(13)18)16-11-19-5-6-22-16/h3-4,7,9-10,16,19H,2,5-6,8,11H2,1H3/t16-/m1/s1. The van der Waals surface area contributed by atoms with Crippen LogP contribution in [0.2, 0.25) is 0 Å². The van der Waals surface area contributed by atoms with Gasteiger partial charge in [-0.25, -0.2) is 14.4 Å². The first-order chi connectivity index (χ1) is 10.8. The summed E-state index contributed by atoms with van der Waals surface area (Å²) < 4.78 is 20.0. The van der Waals surface area contributed by atoms with Crippen molar-refractivity contribution in [3.8, 4) is 0 Å². The highest BCUT2D eigenvalue weighted by Crippen LogP contribution is 2.22. The van der Waals surface area contributed by atoms with Crippen LogP contribution in [0.5, 0.6) is 0 Å². The van der Waals surface area contributed by atoms with Crippen molar-refractivity contribution in [2.24, 2.45) is 0 Å². The van der Waals surface area contributed by atoms with Crippen molar-refractivity contribution in [1.29, 1.82) is 0 Å². The number of ether oxygens (including phenoxy) is 1. The number of rotatable bonds is 4. The Bertz CT molecular complexity index is 624. The van der Waals surface area contributed by atoms with Gasteiger partial charge in [-0.1, -0.05) is 19.1 Å². The largest absolute Gasteiger partial charge is 0.371 e. The molecule has 0 aliphatic carbocycles. The highest BCUT2D eigenvalue weighted by molar-refractivity contribution is 5.28. The first-order valence-corrected chi connectivity index (χ1v) is 7.66. The van der Waals surface area contributed by atoms with E-state index in [1.807, 2.05) is 6.07 Å². The molecule has 1 saturated heterocycles. The Hall–Kier alpha value is -1.85. The molecule has 1 aromatic carbocycles. The zero-order chi connectivity index (χ0) is 15.4. The Morgan fingerprint density at radius 2 is 2.14 bits per heavy atom. The van der Waals surface area contributed by atoms with Crippen LogP contribution in [0.4, 0.5) is 4.39 Å². The number of nitrogens with zero attached hydrogens (tertiary/aromatic N) is 2. The second-order valence-electron chi connectivity index (χ2n) is 5.45. The van der Waals surface area contributed by atoms with Crippen LogP contribution in [0.3, 0.4) is 0 Å². The van der Waals surface area contributed by atoms with Gasteiger partial charge in [0.25, 0.3) is 0 Å². The molecule has 0 spiro atoms. The molecule has 1 N–H and O–H groups in total. The van der Waals surface area contributed by atoms with Gasteiger partial charge >= 0.3 is 0 Å². The summed E-state index contributed by atoms with van der Waals surface area (Å²) in [7, 11) is 0. The lowest BCUT2D eigenvalue weighted by atomic mass is 10.0. The SMILES string of the molecule is CCc1cnc(Cc2ccc([C@H]3CNCCO3)cc2F)nc1. The molecule has 2 aromatic rings. The summed E-state index contributed by atoms with van der Waals surface area (Å²) in [6.07, 6.45) is 4.84. The van der Waals surface area contributed by atoms with Crippen LogP contribution < -0.4 is 5.32 Å². The molecule has 4 nitrogen and oxygen atoms in total. The zero-order valence-electron chi connectivity index (χ0n) is 12.7. The molecule has 1 aromatic heterocycles. The quantitative estimate of drug-likeness (QED) is 0.942. The maximum atomic E-state index is 14.3. The van der Waals surface area contributed by atoms with Crippen LogP contribution in [0.15, 0.2) is 30.6 Å². The molecule has 1 fully saturated rings. The number of halogens is 1. The van der Waals surface area contributed by atoms with Crippen molar-refractivity contribution in [1.82, 2.24) is 15.3 Å². The van der Waals surface area contributed by atoms with Gasteiger partial charge in [-0.05, 0) is 29.2 Å². The van der Waals surface area contributed by atoms with Crippen LogP contribution in [0, 0.1) is 5.82 Å². The van der Waals surface area contributed by atoms with E-state index in [-0.39, 0.29) is 11.9 Å². The Balaban J connectivity index is 1.73. The number of hydrogen-bond acceptors (Lipinski definition) is 4. The van der Waals surface area contributed by atoms with Crippen LogP contribution in [0.25, 0.3) is 0 Å². The smallest absolute Gasteiger partial charge is 0.132 e. The summed E-state index contributed by atoms with van der Waals surface area (Å²) in [6, 6.07) is 5.30. The molecule has 3 rings (SSSR count). The first-order valence-electron chi connectivity index (χ1n) is 7.66. The molecule has 1 aliphatic rings. The van der Waals surface area contributed by atoms with Crippen LogP contribution >= 0.6 is 0 Å². The predicted molar refractivity (Wildman–Crippen MR) is 82.2 cm³/mol. The van der Waals surface area contributed by atoms with E-state index < -0.39 is 0 Å². The first kappa shape index (κ1) is 15.1. The molecule has 0 unspecified atom stereocenters. The fourth-order valence-electron chi connectivity index (χ4n) is 2.51. The normalized spacial score (nSPS) is 18.4. The Morgan fingerprint density at radius 3 is 2.77 bits per heavy atom. The molecule has 0 radical (unpaired) electrons. The van der Waals surface area contributed by atoms with Crippen LogP contribution in [-0.4, -0.2) is 29.7 Å². The van der Waals surface area contributed by atoms with Crippen LogP contribution in [0.1, 0.15) is 35.5 Å². The highest BCUT2D eigenvalue weighted by Gasteiger charge is 2.17. The Kier molecular flexibility index (Phi) is 4.75. The third-order valence-electron chi connectivity index (χ3n) is 3.89. The van der Waals surface area contributed by atoms with E-state index in [9.17, 15) is 4.39 Å². The monoisotopic (exact) mass is 301 g/mol. The number of benzene rings is 1. The fraction of sp³-hybridized carbons (Fsp3) is 0.412. The summed E-state index contributed by atoms with van der Waals surface area (Å²) in [4.78, 5) is 8.57. The van der Waals surface area contributed by atoms with Crippen molar-refractivity contribution in [3.63, 3.8) is 0 Å². The zero-order valence-corrected chi connectivity index (χ0v) is 12.7. The molecular formula is C17H20FN3O. The lowest BCUT2D eigenvalue weighted by molar-refractivity contribution is 0.0275. The summed E-state index contributed by atoms with van der Waals surface area (Å²) >= 11 is 0. The number of hydrogen-bond donors (Lipinski definition) is 1. The summed E-state index contributed by atoms with van der Waals surface area (Å²) in [6.45, 7) is 4.28. The Morgan fingerprint density at radius 1 is 1.32 bits per heavy atom. The van der Waals surface area contributed by atoms with Gasteiger partial charge in [0.2, 0.25) is 0 Å². The van der Waals surface area contributed by atoms with Gasteiger partial charge in [-0.15, -0.1) is 0 Å². The third-order valence-corrected chi connectivity index (χ3v) is 3.89. The summed E-state index contributed by atoms with van der Waals surface area (Å²) in [5, 5.41) is 3.25. The van der Waals surface area contributed by atoms with Gasteiger partial charge in [0.05, 0.1) is 12.7 Å². The van der Waals surface area contributed by atoms with Crippen molar-refractivity contribution < 1.29 is 9.13 Å². The van der Waals surface area contributed by atoms with Crippen molar-refractivity contribution >= 4 is 0 Å². The molecule has 5 heteroatoms. The van der Waals surface area contributed by atoms with E-state index in [1.165, 1.54) is 0 Å². The third kappa shape index (κ3) is 3.48. The summed E-state index contributed by atoms with van der Waals surface area (Å²) in [5.74, 6) is 0.411. The van der Waals surface area contributed by atoms with Gasteiger partial charge in [-0.2, -0.15) is 0 Å². The fourth-order valence-corrected chi connectivity index (χ4v) is 2.51. The van der Waals surface area contributed by atoms with Crippen LogP contribution in [-0.2, 0) is 17.6 Å². The molecule has 0 amide bonds.